The average Bonchev–Trinajstić information content (AvgIpc) is 1.11. The number of carboxylic acid groups (broad SMARTS) is 4. The van der Waals surface area contributed by atoms with Crippen molar-refractivity contribution in [2.24, 2.45) is 0 Å². The summed E-state index contributed by atoms with van der Waals surface area (Å²) in [6.07, 6.45) is -3.96. The lowest BCUT2D eigenvalue weighted by Crippen LogP contribution is -2.58. The zero-order chi connectivity index (χ0) is 105. The number of rotatable bonds is 28. The lowest BCUT2D eigenvalue weighted by atomic mass is 9.89. The molecule has 8 aromatic rings. The van der Waals surface area contributed by atoms with Crippen molar-refractivity contribution in [2.45, 2.75) is 297 Å². The molecule has 0 radical (unpaired) electrons. The third-order valence-electron chi connectivity index (χ3n) is 28.1. The molecule has 0 bridgehead atoms. The van der Waals surface area contributed by atoms with Crippen LogP contribution in [-0.4, -0.2) is 212 Å². The van der Waals surface area contributed by atoms with E-state index in [4.69, 9.17) is 112 Å². The minimum atomic E-state index is -3.53. The van der Waals surface area contributed by atoms with Crippen molar-refractivity contribution in [3.8, 4) is 0 Å². The van der Waals surface area contributed by atoms with E-state index in [1.54, 1.807) is 245 Å². The molecule has 8 fully saturated rings. The molecule has 8 aliphatic rings. The van der Waals surface area contributed by atoms with Gasteiger partial charge in [-0.2, -0.15) is 0 Å². The number of morpholine rings is 4. The number of amides is 4. The first kappa shape index (κ1) is 113. The molecular weight excluding hydrogens is 2100 g/mol. The normalized spacial score (nSPS) is 27.0. The molecule has 4 aliphatic heterocycles. The average molecular weight is 2220 g/mol. The van der Waals surface area contributed by atoms with Crippen molar-refractivity contribution in [1.29, 1.82) is 0 Å². The van der Waals surface area contributed by atoms with Gasteiger partial charge in [0.05, 0.1) is 91.9 Å². The molecule has 0 unspecified atom stereocenters. The second kappa shape index (κ2) is 48.0. The monoisotopic (exact) mass is 2210 g/mol. The highest BCUT2D eigenvalue weighted by Crippen LogP contribution is 2.54. The van der Waals surface area contributed by atoms with Crippen molar-refractivity contribution in [3.05, 3.63) is 279 Å². The number of aliphatic carboxylic acids is 4. The molecular formula is C104H116Cl8N4O24S4. The Balaban J connectivity index is 0.000000161. The summed E-state index contributed by atoms with van der Waals surface area (Å²) in [6, 6.07) is 50.6. The van der Waals surface area contributed by atoms with Crippen molar-refractivity contribution in [1.82, 2.24) is 19.6 Å². The number of nitrogens with zero attached hydrogens (tertiary/aromatic N) is 4. The van der Waals surface area contributed by atoms with Crippen LogP contribution in [0.2, 0.25) is 40.2 Å². The number of ether oxygens (including phenoxy) is 4. The summed E-state index contributed by atoms with van der Waals surface area (Å²) in [5, 5.41) is 36.6. The van der Waals surface area contributed by atoms with E-state index in [0.717, 1.165) is 0 Å². The fraction of sp³-hybridized carbons (Fsp3) is 0.462. The van der Waals surface area contributed by atoms with Crippen LogP contribution in [0.5, 0.6) is 0 Å². The molecule has 4 heterocycles. The van der Waals surface area contributed by atoms with Crippen LogP contribution in [0.25, 0.3) is 0 Å². The predicted molar refractivity (Wildman–Crippen MR) is 551 cm³/mol. The largest absolute Gasteiger partial charge is 0.481 e. The summed E-state index contributed by atoms with van der Waals surface area (Å²) in [6.45, 7) is 13.1. The Kier molecular flexibility index (Phi) is 37.5. The van der Waals surface area contributed by atoms with E-state index in [1.165, 1.54) is 0 Å². The summed E-state index contributed by atoms with van der Waals surface area (Å²) < 4.78 is 131. The maximum Gasteiger partial charge on any atom is 0.306 e. The standard InChI is InChI=1S/4C26H29Cl2NO6S/c4*1-15(2)36(33,34)22-8-4-7-20(22)29-24(16-9-11-18(27)12-10-16)25(17-5-3-6-19(28)13-17)35-21(26(29)32)14-23(30)31/h4*3,5-6,9-13,15,20-22,24-25H,4,7-8,14H2,1-2H3,(H,30,31)/t20-,21+,22-,24+,25+;20-,21+,22-,24-,25-;20-,21-,22-,24+,25+;20-,21-,22-,24-,25-/m0101/s1. The van der Waals surface area contributed by atoms with E-state index >= 15 is 0 Å². The lowest BCUT2D eigenvalue weighted by molar-refractivity contribution is -0.183. The van der Waals surface area contributed by atoms with Gasteiger partial charge in [0.2, 0.25) is 0 Å². The van der Waals surface area contributed by atoms with Crippen LogP contribution in [-0.2, 0) is 96.7 Å². The van der Waals surface area contributed by atoms with Crippen LogP contribution >= 0.6 is 92.8 Å². The Hall–Kier alpha value is -8.52. The number of benzene rings is 8. The first-order valence-corrected chi connectivity index (χ1v) is 57.2. The number of hydrogen-bond donors (Lipinski definition) is 4. The second-order valence-electron chi connectivity index (χ2n) is 38.5. The van der Waals surface area contributed by atoms with Crippen LogP contribution in [0, 0.1) is 0 Å². The molecule has 4 amide bonds. The Bertz CT molecular complexity index is 5710. The van der Waals surface area contributed by atoms with Gasteiger partial charge in [-0.15, -0.1) is 0 Å². The first-order valence-electron chi connectivity index (χ1n) is 47.7. The molecule has 0 spiro atoms. The number of hydrogen-bond acceptors (Lipinski definition) is 20. The van der Waals surface area contributed by atoms with Gasteiger partial charge in [-0.3, -0.25) is 38.4 Å². The van der Waals surface area contributed by atoms with Gasteiger partial charge in [0.1, 0.15) is 48.8 Å². The van der Waals surface area contributed by atoms with Gasteiger partial charge in [0.25, 0.3) is 23.6 Å². The first-order chi connectivity index (χ1) is 68.0. The summed E-state index contributed by atoms with van der Waals surface area (Å²) in [7, 11) is -14.1. The third-order valence-corrected chi connectivity index (χ3v) is 40.9. The van der Waals surface area contributed by atoms with Crippen molar-refractivity contribution in [3.63, 3.8) is 0 Å². The molecule has 8 aromatic carbocycles. The highest BCUT2D eigenvalue weighted by molar-refractivity contribution is 7.93. The summed E-state index contributed by atoms with van der Waals surface area (Å²) in [4.78, 5) is 108. The van der Waals surface area contributed by atoms with E-state index in [2.05, 4.69) is 0 Å². The maximum atomic E-state index is 13.9. The van der Waals surface area contributed by atoms with Crippen LogP contribution in [0.4, 0.5) is 0 Å². The molecule has 28 nitrogen and oxygen atoms in total. The second-order valence-corrected chi connectivity index (χ2v) is 52.9. The van der Waals surface area contributed by atoms with Gasteiger partial charge in [-0.25, -0.2) is 33.7 Å². The van der Waals surface area contributed by atoms with Crippen molar-refractivity contribution < 1.29 is 111 Å². The van der Waals surface area contributed by atoms with E-state index in [0.29, 0.717) is 162 Å². The number of halogens is 8. The molecule has 144 heavy (non-hydrogen) atoms. The minimum Gasteiger partial charge on any atom is -0.481 e. The Morgan fingerprint density at radius 1 is 0.271 bits per heavy atom. The third kappa shape index (κ3) is 25.4. The Morgan fingerprint density at radius 3 is 0.597 bits per heavy atom. The van der Waals surface area contributed by atoms with Gasteiger partial charge < -0.3 is 59.0 Å². The molecule has 16 rings (SSSR count). The molecule has 40 heteroatoms. The molecule has 776 valence electrons. The van der Waals surface area contributed by atoms with Crippen molar-refractivity contribution in [2.75, 3.05) is 0 Å². The van der Waals surface area contributed by atoms with Gasteiger partial charge in [0, 0.05) is 64.3 Å². The molecule has 4 N–H and O–H groups in total. The number of sulfone groups is 4. The number of carboxylic acids is 4. The topological polar surface area (TPSA) is 404 Å². The van der Waals surface area contributed by atoms with Crippen LogP contribution in [0.15, 0.2) is 194 Å². The quantitative estimate of drug-likeness (QED) is 0.0354. The molecule has 4 aliphatic carbocycles. The molecule has 4 saturated heterocycles. The van der Waals surface area contributed by atoms with E-state index < -0.39 is 252 Å². The zero-order valence-electron chi connectivity index (χ0n) is 80.0. The minimum absolute atomic E-state index is 0.439. The fourth-order valence-corrected chi connectivity index (χ4v) is 30.2. The van der Waals surface area contributed by atoms with Gasteiger partial charge in [-0.1, -0.05) is 190 Å². The Morgan fingerprint density at radius 2 is 0.444 bits per heavy atom. The summed E-state index contributed by atoms with van der Waals surface area (Å²) in [5.74, 6) is -6.81. The highest BCUT2D eigenvalue weighted by Gasteiger charge is 2.59. The zero-order valence-corrected chi connectivity index (χ0v) is 89.4. The van der Waals surface area contributed by atoms with Crippen molar-refractivity contribution >= 4 is 180 Å². The predicted octanol–water partition coefficient (Wildman–Crippen LogP) is 20.9. The van der Waals surface area contributed by atoms with Crippen LogP contribution in [0.3, 0.4) is 0 Å². The number of carbonyl (C=O) groups is 8. The maximum absolute atomic E-state index is 13.9. The summed E-state index contributed by atoms with van der Waals surface area (Å²) in [5.41, 5.74) is 5.48. The van der Waals surface area contributed by atoms with Gasteiger partial charge in [0.15, 0.2) is 39.3 Å². The molecule has 20 atom stereocenters. The summed E-state index contributed by atoms with van der Waals surface area (Å²) >= 11 is 49.7. The van der Waals surface area contributed by atoms with Gasteiger partial charge in [-0.05, 0) is 274 Å². The fourth-order valence-electron chi connectivity index (χ4n) is 21.3. The Labute approximate surface area is 879 Å². The van der Waals surface area contributed by atoms with E-state index in [9.17, 15) is 92.5 Å². The number of carbonyl (C=O) groups excluding carboxylic acids is 4. The highest BCUT2D eigenvalue weighted by atomic mass is 35.5. The van der Waals surface area contributed by atoms with Crippen LogP contribution < -0.4 is 0 Å². The lowest BCUT2D eigenvalue weighted by Gasteiger charge is -2.48. The SMILES string of the molecule is CC(C)S(=O)(=O)[C@@H]1CCC[C@H]1N1C(=O)[C@@H](CC(=O)O)O[C@H](c2cccc(Cl)c2)[C@H]1c1ccc(Cl)cc1.CC(C)S(=O)(=O)[C@@H]1CCC[C@H]1N1C(=O)[C@H](CC(=O)O)O[C@H](c2cccc(Cl)c2)[C@H]1c1ccc(Cl)cc1.CC(C)S(=O)(=O)[C@H]1CCC[C@@H]1N1C(=O)[C@@H](CC(=O)O)O[C@H](c2cccc(Cl)c2)[C@H]1c1ccc(Cl)cc1.CC(C)S(=O)(=O)[C@H]1CCC[C@@H]1N1C(=O)[C@H](CC(=O)O)O[C@H](c2cccc(Cl)c2)[C@H]1c1ccc(Cl)cc1. The van der Waals surface area contributed by atoms with E-state index in [-0.39, 0.29) is 0 Å². The molecule has 4 saturated carbocycles. The van der Waals surface area contributed by atoms with E-state index in [1.807, 2.05) is 24.3 Å². The smallest absolute Gasteiger partial charge is 0.306 e. The molecule has 0 aromatic heterocycles. The van der Waals surface area contributed by atoms with Crippen LogP contribution in [0.1, 0.15) is 251 Å². The van der Waals surface area contributed by atoms with Gasteiger partial charge >= 0.3 is 23.9 Å².